The zero-order valence-electron chi connectivity index (χ0n) is 20.8. The van der Waals surface area contributed by atoms with Crippen LogP contribution in [0, 0.1) is 5.92 Å². The number of nitrogens with one attached hydrogen (secondary N) is 3. The molecular formula is C26H32N4O6. The largest absolute Gasteiger partial charge is 0.493 e. The lowest BCUT2D eigenvalue weighted by Gasteiger charge is -2.15. The molecular weight excluding hydrogens is 464 g/mol. The number of ether oxygens (including phenoxy) is 2. The van der Waals surface area contributed by atoms with E-state index >= 15 is 0 Å². The van der Waals surface area contributed by atoms with Gasteiger partial charge >= 0.3 is 0 Å². The molecule has 0 saturated carbocycles. The van der Waals surface area contributed by atoms with Gasteiger partial charge in [0.25, 0.3) is 17.7 Å². The van der Waals surface area contributed by atoms with Crippen LogP contribution >= 0.6 is 0 Å². The van der Waals surface area contributed by atoms with E-state index in [0.29, 0.717) is 42.6 Å². The molecule has 0 aromatic heterocycles. The van der Waals surface area contributed by atoms with Crippen molar-refractivity contribution in [2.45, 2.75) is 33.1 Å². The van der Waals surface area contributed by atoms with Crippen LogP contribution in [-0.2, 0) is 9.59 Å². The standard InChI is InChI=1S/C26H32N4O6/c1-17(2)12-14-36-21-11-8-19(15-22(21)35-3)26(34)29-28-23(31)16-27-25(33)18-6-9-20(10-7-18)30-13-4-5-24(30)32/h6-11,15,17H,4-5,12-14,16H2,1-3H3,(H,27,33)(H,28,31)(H,29,34). The summed E-state index contributed by atoms with van der Waals surface area (Å²) in [4.78, 5) is 50.4. The summed E-state index contributed by atoms with van der Waals surface area (Å²) in [5.41, 5.74) is 5.94. The van der Waals surface area contributed by atoms with Crippen molar-refractivity contribution in [3.63, 3.8) is 0 Å². The number of hydrazine groups is 1. The van der Waals surface area contributed by atoms with Crippen LogP contribution in [-0.4, -0.2) is 50.4 Å². The van der Waals surface area contributed by atoms with Crippen molar-refractivity contribution in [3.8, 4) is 11.5 Å². The number of benzene rings is 2. The number of carbonyl (C=O) groups is 4. The maximum atomic E-state index is 12.4. The molecule has 10 heteroatoms. The van der Waals surface area contributed by atoms with Gasteiger partial charge in [-0.05, 0) is 61.2 Å². The second kappa shape index (κ2) is 12.6. The average Bonchev–Trinajstić information content (AvgIpc) is 3.31. The van der Waals surface area contributed by atoms with Crippen LogP contribution in [0.15, 0.2) is 42.5 Å². The molecule has 1 fully saturated rings. The minimum atomic E-state index is -0.600. The van der Waals surface area contributed by atoms with Gasteiger partial charge in [0.1, 0.15) is 0 Å². The lowest BCUT2D eigenvalue weighted by atomic mass is 10.1. The quantitative estimate of drug-likeness (QED) is 0.434. The van der Waals surface area contributed by atoms with Gasteiger partial charge in [-0.1, -0.05) is 13.8 Å². The second-order valence-electron chi connectivity index (χ2n) is 8.78. The smallest absolute Gasteiger partial charge is 0.269 e. The normalized spacial score (nSPS) is 12.9. The number of rotatable bonds is 10. The van der Waals surface area contributed by atoms with Crippen molar-refractivity contribution in [2.75, 3.05) is 31.7 Å². The maximum Gasteiger partial charge on any atom is 0.269 e. The van der Waals surface area contributed by atoms with Gasteiger partial charge in [0.2, 0.25) is 5.91 Å². The minimum absolute atomic E-state index is 0.0651. The van der Waals surface area contributed by atoms with E-state index in [1.54, 1.807) is 41.3 Å². The van der Waals surface area contributed by atoms with E-state index in [4.69, 9.17) is 9.47 Å². The molecule has 3 rings (SSSR count). The predicted molar refractivity (Wildman–Crippen MR) is 134 cm³/mol. The fraction of sp³-hybridized carbons (Fsp3) is 0.385. The Bertz CT molecular complexity index is 1100. The van der Waals surface area contributed by atoms with E-state index in [2.05, 4.69) is 30.0 Å². The number of hydrogen-bond acceptors (Lipinski definition) is 6. The highest BCUT2D eigenvalue weighted by Gasteiger charge is 2.21. The van der Waals surface area contributed by atoms with Crippen LogP contribution < -0.4 is 30.5 Å². The predicted octanol–water partition coefficient (Wildman–Crippen LogP) is 2.44. The van der Waals surface area contributed by atoms with Gasteiger partial charge in [0.15, 0.2) is 11.5 Å². The summed E-state index contributed by atoms with van der Waals surface area (Å²) in [5.74, 6) is -0.0949. The van der Waals surface area contributed by atoms with E-state index in [1.807, 2.05) is 0 Å². The highest BCUT2D eigenvalue weighted by molar-refractivity contribution is 5.99. The molecule has 1 aliphatic rings. The molecule has 0 spiro atoms. The third kappa shape index (κ3) is 7.21. The molecule has 1 aliphatic heterocycles. The topological polar surface area (TPSA) is 126 Å². The zero-order valence-corrected chi connectivity index (χ0v) is 20.8. The van der Waals surface area contributed by atoms with Crippen molar-refractivity contribution >= 4 is 29.3 Å². The Labute approximate surface area is 210 Å². The number of hydrogen-bond donors (Lipinski definition) is 3. The molecule has 1 saturated heterocycles. The molecule has 0 atom stereocenters. The number of anilines is 1. The Morgan fingerprint density at radius 1 is 0.972 bits per heavy atom. The van der Waals surface area contributed by atoms with Crippen LogP contribution in [0.3, 0.4) is 0 Å². The number of amides is 4. The number of carbonyl (C=O) groups excluding carboxylic acids is 4. The summed E-state index contributed by atoms with van der Waals surface area (Å²) in [6.45, 7) is 5.06. The first-order valence-corrected chi connectivity index (χ1v) is 11.9. The summed E-state index contributed by atoms with van der Waals surface area (Å²) in [6, 6.07) is 11.3. The Morgan fingerprint density at radius 2 is 1.69 bits per heavy atom. The van der Waals surface area contributed by atoms with Crippen molar-refractivity contribution in [3.05, 3.63) is 53.6 Å². The van der Waals surface area contributed by atoms with E-state index in [-0.39, 0.29) is 18.0 Å². The molecule has 0 aliphatic carbocycles. The molecule has 0 unspecified atom stereocenters. The highest BCUT2D eigenvalue weighted by atomic mass is 16.5. The molecule has 2 aromatic rings. The van der Waals surface area contributed by atoms with Gasteiger partial charge in [-0.2, -0.15) is 0 Å². The summed E-state index contributed by atoms with van der Waals surface area (Å²) < 4.78 is 11.0. The van der Waals surface area contributed by atoms with Crippen LogP contribution in [0.5, 0.6) is 11.5 Å². The molecule has 2 aromatic carbocycles. The molecule has 192 valence electrons. The Hall–Kier alpha value is -4.08. The zero-order chi connectivity index (χ0) is 26.1. The van der Waals surface area contributed by atoms with Crippen LogP contribution in [0.25, 0.3) is 0 Å². The van der Waals surface area contributed by atoms with E-state index in [0.717, 1.165) is 18.5 Å². The molecule has 4 amide bonds. The van der Waals surface area contributed by atoms with Crippen LogP contribution in [0.2, 0.25) is 0 Å². The third-order valence-corrected chi connectivity index (χ3v) is 5.62. The summed E-state index contributed by atoms with van der Waals surface area (Å²) in [6.07, 6.45) is 2.23. The fourth-order valence-corrected chi connectivity index (χ4v) is 3.55. The Morgan fingerprint density at radius 3 is 2.33 bits per heavy atom. The first-order valence-electron chi connectivity index (χ1n) is 11.9. The lowest BCUT2D eigenvalue weighted by molar-refractivity contribution is -0.121. The van der Waals surface area contributed by atoms with E-state index in [9.17, 15) is 19.2 Å². The summed E-state index contributed by atoms with van der Waals surface area (Å²) in [7, 11) is 1.48. The molecule has 10 nitrogen and oxygen atoms in total. The number of methoxy groups -OCH3 is 1. The minimum Gasteiger partial charge on any atom is -0.493 e. The summed E-state index contributed by atoms with van der Waals surface area (Å²) in [5, 5.41) is 2.49. The molecule has 0 radical (unpaired) electrons. The van der Waals surface area contributed by atoms with E-state index < -0.39 is 17.7 Å². The second-order valence-corrected chi connectivity index (χ2v) is 8.78. The van der Waals surface area contributed by atoms with Gasteiger partial charge in [-0.25, -0.2) is 0 Å². The van der Waals surface area contributed by atoms with Crippen molar-refractivity contribution in [2.24, 2.45) is 5.92 Å². The van der Waals surface area contributed by atoms with Gasteiger partial charge in [0.05, 0.1) is 20.3 Å². The van der Waals surface area contributed by atoms with Gasteiger partial charge in [-0.3, -0.25) is 30.0 Å². The summed E-state index contributed by atoms with van der Waals surface area (Å²) >= 11 is 0. The molecule has 0 bridgehead atoms. The van der Waals surface area contributed by atoms with Crippen molar-refractivity contribution in [1.82, 2.24) is 16.2 Å². The Kier molecular flexibility index (Phi) is 9.26. The first-order chi connectivity index (χ1) is 17.3. The Balaban J connectivity index is 1.45. The van der Waals surface area contributed by atoms with Crippen LogP contribution in [0.1, 0.15) is 53.8 Å². The monoisotopic (exact) mass is 496 g/mol. The van der Waals surface area contributed by atoms with Crippen molar-refractivity contribution < 1.29 is 28.7 Å². The van der Waals surface area contributed by atoms with Gasteiger partial charge in [-0.15, -0.1) is 0 Å². The van der Waals surface area contributed by atoms with Gasteiger partial charge in [0, 0.05) is 29.8 Å². The van der Waals surface area contributed by atoms with Gasteiger partial charge < -0.3 is 19.7 Å². The first kappa shape index (κ1) is 26.5. The maximum absolute atomic E-state index is 12.4. The molecule has 3 N–H and O–H groups in total. The van der Waals surface area contributed by atoms with E-state index in [1.165, 1.54) is 13.2 Å². The average molecular weight is 497 g/mol. The van der Waals surface area contributed by atoms with Crippen molar-refractivity contribution in [1.29, 1.82) is 0 Å². The molecule has 1 heterocycles. The molecule has 36 heavy (non-hydrogen) atoms. The fourth-order valence-electron chi connectivity index (χ4n) is 3.55. The van der Waals surface area contributed by atoms with Crippen LogP contribution in [0.4, 0.5) is 5.69 Å². The highest BCUT2D eigenvalue weighted by Crippen LogP contribution is 2.28. The lowest BCUT2D eigenvalue weighted by Crippen LogP contribution is -2.46. The number of nitrogens with zero attached hydrogens (tertiary/aromatic N) is 1. The SMILES string of the molecule is COc1cc(C(=O)NNC(=O)CNC(=O)c2ccc(N3CCCC3=O)cc2)ccc1OCCC(C)C. The third-order valence-electron chi connectivity index (χ3n) is 5.62.